The van der Waals surface area contributed by atoms with Crippen molar-refractivity contribution >= 4 is 11.6 Å². The fraction of sp³-hybridized carbons (Fsp3) is 0.310. The topological polar surface area (TPSA) is 44.7 Å². The Balaban J connectivity index is 1.22. The van der Waals surface area contributed by atoms with Crippen molar-refractivity contribution in [2.75, 3.05) is 19.6 Å². The number of amides is 1. The molecule has 4 nitrogen and oxygen atoms in total. The quantitative estimate of drug-likeness (QED) is 0.493. The van der Waals surface area contributed by atoms with Gasteiger partial charge in [-0.3, -0.25) is 4.79 Å². The van der Waals surface area contributed by atoms with Crippen LogP contribution in [-0.4, -0.2) is 36.2 Å². The lowest BCUT2D eigenvalue weighted by molar-refractivity contribution is -0.128. The van der Waals surface area contributed by atoms with Gasteiger partial charge in [-0.1, -0.05) is 54.6 Å². The molecule has 3 aromatic carbocycles. The van der Waals surface area contributed by atoms with Crippen LogP contribution in [0.5, 0.6) is 0 Å². The van der Waals surface area contributed by atoms with E-state index < -0.39 is 5.41 Å². The zero-order valence-corrected chi connectivity index (χ0v) is 19.6. The lowest BCUT2D eigenvalue weighted by Gasteiger charge is -2.38. The molecule has 1 fully saturated rings. The van der Waals surface area contributed by atoms with E-state index in [0.717, 1.165) is 67.7 Å². The van der Waals surface area contributed by atoms with Crippen LogP contribution < -0.4 is 5.43 Å². The summed E-state index contributed by atoms with van der Waals surface area (Å²) in [4.78, 5) is 15.2. The maximum absolute atomic E-state index is 13.5. The van der Waals surface area contributed by atoms with Gasteiger partial charge in [0.25, 0.3) is 5.91 Å². The number of nitrogens with zero attached hydrogens (tertiary/aromatic N) is 2. The van der Waals surface area contributed by atoms with Gasteiger partial charge >= 0.3 is 0 Å². The van der Waals surface area contributed by atoms with Crippen LogP contribution in [0.4, 0.5) is 8.78 Å². The number of hydrogen-bond donors (Lipinski definition) is 1. The number of hydrogen-bond acceptors (Lipinski definition) is 3. The summed E-state index contributed by atoms with van der Waals surface area (Å²) in [5.74, 6) is -0.445. The second-order valence-corrected chi connectivity index (χ2v) is 9.49. The number of piperidine rings is 1. The molecule has 1 amide bonds. The van der Waals surface area contributed by atoms with Crippen molar-refractivity contribution in [3.63, 3.8) is 0 Å². The van der Waals surface area contributed by atoms with Crippen molar-refractivity contribution < 1.29 is 13.6 Å². The molecule has 0 aromatic heterocycles. The SMILES string of the molecule is O=C1NN=C(c2ccccc2)C12CCN(CCCC(c1ccc(F)cc1)c1ccc(F)cc1)CC2. The van der Waals surface area contributed by atoms with Gasteiger partial charge in [-0.25, -0.2) is 14.2 Å². The van der Waals surface area contributed by atoms with Crippen LogP contribution in [0.2, 0.25) is 0 Å². The number of nitrogens with one attached hydrogen (secondary N) is 1. The van der Waals surface area contributed by atoms with Crippen molar-refractivity contribution in [3.8, 4) is 0 Å². The van der Waals surface area contributed by atoms with E-state index in [1.807, 2.05) is 54.6 Å². The summed E-state index contributed by atoms with van der Waals surface area (Å²) >= 11 is 0. The summed E-state index contributed by atoms with van der Waals surface area (Å²) in [6.07, 6.45) is 3.30. The Labute approximate surface area is 204 Å². The highest BCUT2D eigenvalue weighted by Crippen LogP contribution is 2.39. The number of carbonyl (C=O) groups excluding carboxylic acids is 1. The highest BCUT2D eigenvalue weighted by atomic mass is 19.1. The van der Waals surface area contributed by atoms with Crippen LogP contribution >= 0.6 is 0 Å². The van der Waals surface area contributed by atoms with Crippen LogP contribution in [0.1, 0.15) is 48.3 Å². The number of benzene rings is 3. The van der Waals surface area contributed by atoms with Crippen LogP contribution in [-0.2, 0) is 4.79 Å². The van der Waals surface area contributed by atoms with Crippen molar-refractivity contribution in [3.05, 3.63) is 107 Å². The average Bonchev–Trinajstić information content (AvgIpc) is 3.20. The van der Waals surface area contributed by atoms with E-state index in [-0.39, 0.29) is 23.5 Å². The first kappa shape index (κ1) is 23.4. The standard InChI is InChI=1S/C29H29F2N3O/c30-24-12-8-21(9-13-24)26(22-10-14-25(31)15-11-22)7-4-18-34-19-16-29(17-20-34)27(32-33-28(29)35)23-5-2-1-3-6-23/h1-3,5-6,8-15,26H,4,7,16-20H2,(H,33,35). The molecule has 0 aliphatic carbocycles. The zero-order valence-electron chi connectivity index (χ0n) is 19.6. The van der Waals surface area contributed by atoms with E-state index >= 15 is 0 Å². The second-order valence-electron chi connectivity index (χ2n) is 9.49. The molecule has 1 N–H and O–H groups in total. The van der Waals surface area contributed by atoms with E-state index in [0.29, 0.717) is 0 Å². The van der Waals surface area contributed by atoms with Gasteiger partial charge in [0, 0.05) is 5.92 Å². The predicted molar refractivity (Wildman–Crippen MR) is 133 cm³/mol. The minimum atomic E-state index is -0.553. The molecule has 0 saturated carbocycles. The Kier molecular flexibility index (Phi) is 6.73. The Morgan fingerprint density at radius 3 is 2.00 bits per heavy atom. The van der Waals surface area contributed by atoms with Crippen LogP contribution in [0.15, 0.2) is 84.0 Å². The van der Waals surface area contributed by atoms with Gasteiger partial charge in [-0.05, 0) is 86.3 Å². The van der Waals surface area contributed by atoms with Crippen molar-refractivity contribution in [2.24, 2.45) is 10.5 Å². The number of carbonyl (C=O) groups is 1. The van der Waals surface area contributed by atoms with E-state index in [9.17, 15) is 13.6 Å². The van der Waals surface area contributed by atoms with Crippen molar-refractivity contribution in [1.29, 1.82) is 0 Å². The molecule has 0 atom stereocenters. The summed E-state index contributed by atoms with van der Waals surface area (Å²) in [7, 11) is 0. The number of rotatable bonds is 7. The van der Waals surface area contributed by atoms with Gasteiger partial charge < -0.3 is 4.90 Å². The fourth-order valence-electron chi connectivity index (χ4n) is 5.42. The van der Waals surface area contributed by atoms with Gasteiger partial charge in [0.1, 0.15) is 11.6 Å². The third-order valence-electron chi connectivity index (χ3n) is 7.43. The highest BCUT2D eigenvalue weighted by molar-refractivity contribution is 6.19. The summed E-state index contributed by atoms with van der Waals surface area (Å²) in [5.41, 5.74) is 6.09. The Morgan fingerprint density at radius 2 is 1.43 bits per heavy atom. The molecule has 35 heavy (non-hydrogen) atoms. The van der Waals surface area contributed by atoms with Gasteiger partial charge in [0.05, 0.1) is 11.1 Å². The first-order valence-corrected chi connectivity index (χ1v) is 12.2. The molecule has 2 aliphatic rings. The fourth-order valence-corrected chi connectivity index (χ4v) is 5.42. The number of halogens is 2. The van der Waals surface area contributed by atoms with Crippen molar-refractivity contribution in [2.45, 2.75) is 31.6 Å². The minimum Gasteiger partial charge on any atom is -0.303 e. The summed E-state index contributed by atoms with van der Waals surface area (Å²) in [5, 5.41) is 4.40. The van der Waals surface area contributed by atoms with Gasteiger partial charge in [0.2, 0.25) is 0 Å². The average molecular weight is 474 g/mol. The third kappa shape index (κ3) is 4.89. The molecule has 1 saturated heterocycles. The minimum absolute atomic E-state index is 0.00341. The molecule has 180 valence electrons. The van der Waals surface area contributed by atoms with Crippen molar-refractivity contribution in [1.82, 2.24) is 10.3 Å². The molecule has 2 aliphatic heterocycles. The molecule has 2 heterocycles. The van der Waals surface area contributed by atoms with Gasteiger partial charge in [-0.15, -0.1) is 0 Å². The van der Waals surface area contributed by atoms with E-state index in [1.54, 1.807) is 0 Å². The Morgan fingerprint density at radius 1 is 0.857 bits per heavy atom. The number of hydrazone groups is 1. The van der Waals surface area contributed by atoms with Crippen LogP contribution in [0, 0.1) is 17.0 Å². The lowest BCUT2D eigenvalue weighted by atomic mass is 9.72. The van der Waals surface area contributed by atoms with E-state index in [2.05, 4.69) is 15.4 Å². The van der Waals surface area contributed by atoms with E-state index in [1.165, 1.54) is 24.3 Å². The number of likely N-dealkylation sites (tertiary alicyclic amines) is 1. The largest absolute Gasteiger partial charge is 0.303 e. The van der Waals surface area contributed by atoms with Gasteiger partial charge in [0.15, 0.2) is 0 Å². The molecule has 6 heteroatoms. The third-order valence-corrected chi connectivity index (χ3v) is 7.43. The zero-order chi connectivity index (χ0) is 24.3. The predicted octanol–water partition coefficient (Wildman–Crippen LogP) is 5.49. The second kappa shape index (κ2) is 10.1. The lowest BCUT2D eigenvalue weighted by Crippen LogP contribution is -2.48. The van der Waals surface area contributed by atoms with E-state index in [4.69, 9.17) is 0 Å². The highest BCUT2D eigenvalue weighted by Gasteiger charge is 2.49. The normalized spacial score (nSPS) is 17.6. The monoisotopic (exact) mass is 473 g/mol. The first-order valence-electron chi connectivity index (χ1n) is 12.2. The smallest absolute Gasteiger partial charge is 0.252 e. The Hall–Kier alpha value is -3.38. The summed E-state index contributed by atoms with van der Waals surface area (Å²) in [6, 6.07) is 23.1. The maximum atomic E-state index is 13.5. The first-order chi connectivity index (χ1) is 17.0. The molecule has 0 radical (unpaired) electrons. The molecule has 3 aromatic rings. The molecule has 5 rings (SSSR count). The molecule has 1 spiro atoms. The van der Waals surface area contributed by atoms with Crippen LogP contribution in [0.25, 0.3) is 0 Å². The molecule has 0 unspecified atom stereocenters. The maximum Gasteiger partial charge on any atom is 0.252 e. The molecular formula is C29H29F2N3O. The molecular weight excluding hydrogens is 444 g/mol. The summed E-state index contributed by atoms with van der Waals surface area (Å²) in [6.45, 7) is 2.57. The van der Waals surface area contributed by atoms with Crippen LogP contribution in [0.3, 0.4) is 0 Å². The summed E-state index contributed by atoms with van der Waals surface area (Å²) < 4.78 is 27.0. The Bertz CT molecular complexity index is 1140. The molecule has 0 bridgehead atoms. The van der Waals surface area contributed by atoms with Gasteiger partial charge in [-0.2, -0.15) is 5.10 Å².